The zero-order valence-electron chi connectivity index (χ0n) is 7.83. The summed E-state index contributed by atoms with van der Waals surface area (Å²) < 4.78 is 5.41. The van der Waals surface area contributed by atoms with E-state index in [0.717, 1.165) is 16.7 Å². The summed E-state index contributed by atoms with van der Waals surface area (Å²) >= 11 is 0.195. The maximum atomic E-state index is 11.5. The number of pyridine rings is 1. The van der Waals surface area contributed by atoms with Gasteiger partial charge >= 0.3 is 98.0 Å². The molecule has 0 spiro atoms. The normalized spacial score (nSPS) is 10.5. The molecular formula is C10H8HgNO2. The maximum absolute atomic E-state index is 11.5. The average Bonchev–Trinajstić information content (AvgIpc) is 2.20. The van der Waals surface area contributed by atoms with Gasteiger partial charge in [-0.2, -0.15) is 0 Å². The van der Waals surface area contributed by atoms with Gasteiger partial charge in [0.1, 0.15) is 0 Å². The van der Waals surface area contributed by atoms with Gasteiger partial charge in [-0.3, -0.25) is 0 Å². The van der Waals surface area contributed by atoms with Crippen molar-refractivity contribution in [2.45, 2.75) is 6.92 Å². The molecule has 0 bridgehead atoms. The van der Waals surface area contributed by atoms with Gasteiger partial charge in [0.05, 0.1) is 0 Å². The Morgan fingerprint density at radius 2 is 2.07 bits per heavy atom. The Morgan fingerprint density at radius 3 is 2.79 bits per heavy atom. The molecule has 1 heterocycles. The zero-order valence-corrected chi connectivity index (χ0v) is 13.3. The summed E-state index contributed by atoms with van der Waals surface area (Å²) in [7, 11) is 0. The molecule has 67 valence electrons. The van der Waals surface area contributed by atoms with Crippen LogP contribution in [-0.4, -0.2) is 4.98 Å². The van der Waals surface area contributed by atoms with Crippen molar-refractivity contribution in [3.63, 3.8) is 0 Å². The Labute approximate surface area is 97.7 Å². The summed E-state index contributed by atoms with van der Waals surface area (Å²) in [5.74, 6) is 0.743. The van der Waals surface area contributed by atoms with E-state index in [-0.39, 0.29) is 32.1 Å². The number of hydrogen-bond donors (Lipinski definition) is 1. The topological polar surface area (TPSA) is 42.1 Å². The van der Waals surface area contributed by atoms with Crippen molar-refractivity contribution in [1.29, 1.82) is 0 Å². The monoisotopic (exact) mass is 376 g/mol. The Morgan fingerprint density at radius 1 is 1.36 bits per heavy atom. The number of hydrogen-bond acceptors (Lipinski definition) is 2. The number of para-hydroxylation sites is 1. The van der Waals surface area contributed by atoms with Crippen LogP contribution in [0.2, 0.25) is 0 Å². The van der Waals surface area contributed by atoms with E-state index in [9.17, 15) is 4.79 Å². The molecular weight excluding hydrogens is 367 g/mol. The van der Waals surface area contributed by atoms with E-state index in [4.69, 9.17) is 2.64 Å². The summed E-state index contributed by atoms with van der Waals surface area (Å²) in [4.78, 5) is 14.3. The third-order valence-electron chi connectivity index (χ3n) is 2.25. The van der Waals surface area contributed by atoms with Crippen molar-refractivity contribution >= 4 is 10.9 Å². The number of H-pyrrole nitrogens is 1. The van der Waals surface area contributed by atoms with Gasteiger partial charge in [-0.25, -0.2) is 0 Å². The van der Waals surface area contributed by atoms with Crippen molar-refractivity contribution in [1.82, 2.24) is 4.98 Å². The van der Waals surface area contributed by atoms with Gasteiger partial charge in [-0.05, 0) is 0 Å². The minimum absolute atomic E-state index is 0.0656. The molecule has 0 saturated heterocycles. The first kappa shape index (κ1) is 9.71. The molecule has 2 aromatic rings. The first-order chi connectivity index (χ1) is 6.74. The second-order valence-corrected chi connectivity index (χ2v) is 4.22. The van der Waals surface area contributed by atoms with Crippen LogP contribution in [0.4, 0.5) is 0 Å². The van der Waals surface area contributed by atoms with E-state index in [1.54, 1.807) is 6.92 Å². The standard InChI is InChI=1S/C10H9NO2.Hg/c1-6-9(12)7-4-2-3-5-8(7)11-10(6)13;/h2-5H,1H3,(H2,11,12,13);/q;+1/p-1. The van der Waals surface area contributed by atoms with Crippen LogP contribution >= 0.6 is 0 Å². The van der Waals surface area contributed by atoms with Gasteiger partial charge in [0.25, 0.3) is 0 Å². The molecule has 0 aliphatic carbocycles. The Kier molecular flexibility index (Phi) is 2.59. The second kappa shape index (κ2) is 3.73. The fourth-order valence-electron chi connectivity index (χ4n) is 1.50. The van der Waals surface area contributed by atoms with Crippen LogP contribution < -0.4 is 8.20 Å². The summed E-state index contributed by atoms with van der Waals surface area (Å²) in [6.07, 6.45) is 0. The van der Waals surface area contributed by atoms with Crippen LogP contribution in [0, 0.1) is 6.92 Å². The van der Waals surface area contributed by atoms with Gasteiger partial charge in [-0.15, -0.1) is 0 Å². The number of aromatic amines is 1. The number of fused-ring (bicyclic) bond motifs is 1. The molecule has 0 radical (unpaired) electrons. The summed E-state index contributed by atoms with van der Waals surface area (Å²) in [6, 6.07) is 7.68. The van der Waals surface area contributed by atoms with E-state index < -0.39 is 0 Å². The number of nitrogens with one attached hydrogen (secondary N) is 1. The molecule has 0 fully saturated rings. The van der Waals surface area contributed by atoms with Crippen LogP contribution in [0.15, 0.2) is 29.1 Å². The molecule has 0 amide bonds. The average molecular weight is 375 g/mol. The van der Waals surface area contributed by atoms with E-state index in [1.165, 1.54) is 0 Å². The first-order valence-corrected chi connectivity index (χ1v) is 6.52. The third kappa shape index (κ3) is 1.45. The van der Waals surface area contributed by atoms with Crippen LogP contribution in [0.25, 0.3) is 10.9 Å². The van der Waals surface area contributed by atoms with Gasteiger partial charge in [-0.1, -0.05) is 0 Å². The molecule has 1 N–H and O–H groups in total. The van der Waals surface area contributed by atoms with E-state index in [0.29, 0.717) is 5.56 Å². The molecule has 1 aromatic carbocycles. The third-order valence-corrected chi connectivity index (χ3v) is 3.37. The fraction of sp³-hybridized carbons (Fsp3) is 0.100. The Hall–Kier alpha value is -0.835. The van der Waals surface area contributed by atoms with Crippen LogP contribution in [-0.2, 0) is 26.6 Å². The molecule has 0 aliphatic heterocycles. The molecule has 3 nitrogen and oxygen atoms in total. The molecule has 4 heteroatoms. The molecule has 0 saturated carbocycles. The van der Waals surface area contributed by atoms with Gasteiger partial charge in [0, 0.05) is 0 Å². The van der Waals surface area contributed by atoms with Crippen molar-refractivity contribution < 1.29 is 29.2 Å². The van der Waals surface area contributed by atoms with Crippen molar-refractivity contribution in [3.8, 4) is 5.75 Å². The van der Waals surface area contributed by atoms with Crippen LogP contribution in [0.3, 0.4) is 0 Å². The predicted molar refractivity (Wildman–Crippen MR) is 49.9 cm³/mol. The van der Waals surface area contributed by atoms with Crippen molar-refractivity contribution in [2.24, 2.45) is 0 Å². The molecule has 0 unspecified atom stereocenters. The van der Waals surface area contributed by atoms with Gasteiger partial charge in [0.2, 0.25) is 0 Å². The van der Waals surface area contributed by atoms with E-state index in [2.05, 4.69) is 4.98 Å². The summed E-state index contributed by atoms with van der Waals surface area (Å²) in [6.45, 7) is 1.79. The SMILES string of the molecule is Cc1c([O][Hg])c2ccccc2[nH]c1=O. The molecule has 14 heavy (non-hydrogen) atoms. The molecule has 0 aliphatic rings. The number of aromatic nitrogens is 1. The van der Waals surface area contributed by atoms with Crippen LogP contribution in [0.1, 0.15) is 5.56 Å². The zero-order chi connectivity index (χ0) is 10.1. The Balaban J connectivity index is 2.96. The minimum atomic E-state index is -0.0656. The van der Waals surface area contributed by atoms with E-state index >= 15 is 0 Å². The predicted octanol–water partition coefficient (Wildman–Crippen LogP) is 1.68. The first-order valence-electron chi connectivity index (χ1n) is 4.27. The van der Waals surface area contributed by atoms with Crippen molar-refractivity contribution in [3.05, 3.63) is 40.2 Å². The summed E-state index contributed by atoms with van der Waals surface area (Å²) in [5, 5.41) is 0.986. The second-order valence-electron chi connectivity index (χ2n) is 3.10. The van der Waals surface area contributed by atoms with Crippen molar-refractivity contribution in [2.75, 3.05) is 0 Å². The fourth-order valence-corrected chi connectivity index (χ4v) is 2.94. The number of rotatable bonds is 1. The molecule has 1 aromatic heterocycles. The molecule has 2 rings (SSSR count). The quantitative estimate of drug-likeness (QED) is 0.772. The Bertz CT molecular complexity index is 533. The molecule has 0 atom stereocenters. The van der Waals surface area contributed by atoms with Crippen LogP contribution in [0.5, 0.6) is 5.75 Å². The number of benzene rings is 1. The van der Waals surface area contributed by atoms with Gasteiger partial charge < -0.3 is 0 Å². The van der Waals surface area contributed by atoms with Gasteiger partial charge in [0.15, 0.2) is 0 Å². The van der Waals surface area contributed by atoms with E-state index in [1.807, 2.05) is 24.3 Å². The summed E-state index contributed by atoms with van der Waals surface area (Å²) in [5.41, 5.74) is 1.44.